The Morgan fingerprint density at radius 3 is 2.29 bits per heavy atom. The molecule has 2 aromatic rings. The topological polar surface area (TPSA) is 86.8 Å². The Morgan fingerprint density at radius 2 is 1.74 bits per heavy atom. The molecule has 34 heavy (non-hydrogen) atoms. The lowest BCUT2D eigenvalue weighted by molar-refractivity contribution is -0.140. The predicted molar refractivity (Wildman–Crippen MR) is 138 cm³/mol. The molecule has 186 valence electrons. The van der Waals surface area contributed by atoms with Crippen LogP contribution in [0.2, 0.25) is 10.0 Å². The van der Waals surface area contributed by atoms with Crippen LogP contribution in [-0.2, 0) is 26.2 Å². The normalized spacial score (nSPS) is 12.2. The molecule has 0 aliphatic carbocycles. The highest BCUT2D eigenvalue weighted by atomic mass is 35.5. The van der Waals surface area contributed by atoms with E-state index < -0.39 is 28.5 Å². The van der Waals surface area contributed by atoms with Crippen molar-refractivity contribution in [1.82, 2.24) is 10.2 Å². The molecule has 0 bridgehead atoms. The molecule has 0 spiro atoms. The summed E-state index contributed by atoms with van der Waals surface area (Å²) in [7, 11) is -3.77. The molecule has 10 heteroatoms. The van der Waals surface area contributed by atoms with Crippen molar-refractivity contribution in [2.75, 3.05) is 23.7 Å². The van der Waals surface area contributed by atoms with Gasteiger partial charge >= 0.3 is 0 Å². The highest BCUT2D eigenvalue weighted by Gasteiger charge is 2.32. The van der Waals surface area contributed by atoms with Gasteiger partial charge in [-0.25, -0.2) is 8.42 Å². The highest BCUT2D eigenvalue weighted by Crippen LogP contribution is 2.25. The molecule has 7 nitrogen and oxygen atoms in total. The summed E-state index contributed by atoms with van der Waals surface area (Å²) in [5.74, 6) is -0.794. The Bertz CT molecular complexity index is 1120. The summed E-state index contributed by atoms with van der Waals surface area (Å²) in [6.45, 7) is 5.62. The summed E-state index contributed by atoms with van der Waals surface area (Å²) in [5, 5.41) is 3.54. The van der Waals surface area contributed by atoms with E-state index in [9.17, 15) is 18.0 Å². The van der Waals surface area contributed by atoms with Crippen LogP contribution in [0, 0.1) is 6.92 Å². The van der Waals surface area contributed by atoms with Crippen LogP contribution in [0.5, 0.6) is 0 Å². The number of nitrogens with one attached hydrogen (secondary N) is 1. The number of halogens is 2. The molecule has 0 saturated heterocycles. The molecule has 0 heterocycles. The van der Waals surface area contributed by atoms with E-state index in [2.05, 4.69) is 5.32 Å². The number of benzene rings is 2. The van der Waals surface area contributed by atoms with Gasteiger partial charge in [0.15, 0.2) is 0 Å². The number of para-hydroxylation sites is 1. The van der Waals surface area contributed by atoms with Crippen molar-refractivity contribution in [3.05, 3.63) is 63.6 Å². The van der Waals surface area contributed by atoms with Gasteiger partial charge in [0.1, 0.15) is 12.6 Å². The minimum Gasteiger partial charge on any atom is -0.354 e. The minimum atomic E-state index is -3.77. The molecule has 2 amide bonds. The zero-order valence-electron chi connectivity index (χ0n) is 19.8. The van der Waals surface area contributed by atoms with Gasteiger partial charge in [-0.3, -0.25) is 13.9 Å². The number of aryl methyl sites for hydroxylation is 1. The average Bonchev–Trinajstić information content (AvgIpc) is 2.78. The summed E-state index contributed by atoms with van der Waals surface area (Å²) in [6, 6.07) is 11.1. The first-order valence-electron chi connectivity index (χ1n) is 11.0. The Labute approximate surface area is 212 Å². The third-order valence-electron chi connectivity index (χ3n) is 5.34. The number of hydrogen-bond donors (Lipinski definition) is 1. The van der Waals surface area contributed by atoms with Crippen LogP contribution in [0.1, 0.15) is 37.8 Å². The molecule has 0 aliphatic rings. The average molecular weight is 529 g/mol. The van der Waals surface area contributed by atoms with Gasteiger partial charge in [0.05, 0.1) is 22.0 Å². The van der Waals surface area contributed by atoms with Crippen LogP contribution in [-0.4, -0.2) is 50.5 Å². The van der Waals surface area contributed by atoms with E-state index in [4.69, 9.17) is 23.2 Å². The molecule has 0 aliphatic heterocycles. The van der Waals surface area contributed by atoms with Crippen molar-refractivity contribution in [1.29, 1.82) is 0 Å². The van der Waals surface area contributed by atoms with Gasteiger partial charge in [0, 0.05) is 13.1 Å². The SMILES string of the molecule is CCCNC(=O)C(CC)N(Cc1ccc(Cl)c(Cl)c1)C(=O)CN(c1ccccc1C)S(C)(=O)=O. The number of nitrogens with zero attached hydrogens (tertiary/aromatic N) is 2. The van der Waals surface area contributed by atoms with Crippen LogP contribution < -0.4 is 9.62 Å². The second-order valence-electron chi connectivity index (χ2n) is 8.04. The summed E-state index contributed by atoms with van der Waals surface area (Å²) < 4.78 is 26.4. The predicted octanol–water partition coefficient (Wildman–Crippen LogP) is 4.40. The molecule has 2 aromatic carbocycles. The second kappa shape index (κ2) is 12.4. The molecule has 0 radical (unpaired) electrons. The summed E-state index contributed by atoms with van der Waals surface area (Å²) in [4.78, 5) is 27.9. The van der Waals surface area contributed by atoms with Crippen molar-refractivity contribution >= 4 is 50.7 Å². The molecule has 1 unspecified atom stereocenters. The van der Waals surface area contributed by atoms with E-state index in [0.29, 0.717) is 39.8 Å². The van der Waals surface area contributed by atoms with Crippen LogP contribution in [0.4, 0.5) is 5.69 Å². The maximum absolute atomic E-state index is 13.6. The van der Waals surface area contributed by atoms with Crippen molar-refractivity contribution in [3.8, 4) is 0 Å². The third-order valence-corrected chi connectivity index (χ3v) is 7.20. The maximum atomic E-state index is 13.6. The van der Waals surface area contributed by atoms with Gasteiger partial charge in [-0.15, -0.1) is 0 Å². The summed E-state index contributed by atoms with van der Waals surface area (Å²) in [6.07, 6.45) is 2.16. The number of rotatable bonds is 11. The Kier molecular flexibility index (Phi) is 10.2. The Hall–Kier alpha value is -2.29. The standard InChI is InChI=1S/C24H31Cl2N3O4S/c1-5-13-27-24(31)21(6-2)28(15-18-11-12-19(25)20(26)14-18)23(30)16-29(34(4,32)33)22-10-8-7-9-17(22)3/h7-12,14,21H,5-6,13,15-16H2,1-4H3,(H,27,31). The van der Waals surface area contributed by atoms with E-state index in [1.54, 1.807) is 56.3 Å². The van der Waals surface area contributed by atoms with E-state index in [0.717, 1.165) is 17.0 Å². The van der Waals surface area contributed by atoms with Crippen LogP contribution >= 0.6 is 23.2 Å². The molecule has 1 atom stereocenters. The number of amides is 2. The van der Waals surface area contributed by atoms with Crippen molar-refractivity contribution in [2.24, 2.45) is 0 Å². The monoisotopic (exact) mass is 527 g/mol. The fourth-order valence-electron chi connectivity index (χ4n) is 3.56. The van der Waals surface area contributed by atoms with Crippen LogP contribution in [0.15, 0.2) is 42.5 Å². The zero-order valence-corrected chi connectivity index (χ0v) is 22.2. The molecular formula is C24H31Cl2N3O4S. The van der Waals surface area contributed by atoms with E-state index in [-0.39, 0.29) is 12.5 Å². The van der Waals surface area contributed by atoms with Crippen LogP contribution in [0.25, 0.3) is 0 Å². The molecular weight excluding hydrogens is 497 g/mol. The number of anilines is 1. The maximum Gasteiger partial charge on any atom is 0.244 e. The molecule has 0 fully saturated rings. The minimum absolute atomic E-state index is 0.0686. The van der Waals surface area contributed by atoms with Gasteiger partial charge in [-0.1, -0.05) is 61.3 Å². The molecule has 0 saturated carbocycles. The van der Waals surface area contributed by atoms with Gasteiger partial charge in [-0.05, 0) is 49.1 Å². The van der Waals surface area contributed by atoms with Gasteiger partial charge < -0.3 is 10.2 Å². The molecule has 0 aromatic heterocycles. The van der Waals surface area contributed by atoms with E-state index in [1.165, 1.54) is 4.90 Å². The van der Waals surface area contributed by atoms with Crippen LogP contribution in [0.3, 0.4) is 0 Å². The molecule has 1 N–H and O–H groups in total. The Morgan fingerprint density at radius 1 is 1.06 bits per heavy atom. The smallest absolute Gasteiger partial charge is 0.244 e. The lowest BCUT2D eigenvalue weighted by atomic mass is 10.1. The van der Waals surface area contributed by atoms with Crippen molar-refractivity contribution in [2.45, 2.75) is 46.2 Å². The van der Waals surface area contributed by atoms with Gasteiger partial charge in [0.2, 0.25) is 21.8 Å². The number of hydrogen-bond acceptors (Lipinski definition) is 4. The number of sulfonamides is 1. The lowest BCUT2D eigenvalue weighted by Gasteiger charge is -2.33. The first-order valence-corrected chi connectivity index (χ1v) is 13.6. The van der Waals surface area contributed by atoms with Crippen molar-refractivity contribution in [3.63, 3.8) is 0 Å². The second-order valence-corrected chi connectivity index (χ2v) is 10.8. The zero-order chi connectivity index (χ0) is 25.5. The summed E-state index contributed by atoms with van der Waals surface area (Å²) in [5.41, 5.74) is 1.80. The number of carbonyl (C=O) groups is 2. The fraction of sp³-hybridized carbons (Fsp3) is 0.417. The third kappa shape index (κ3) is 7.35. The Balaban J connectivity index is 2.46. The highest BCUT2D eigenvalue weighted by molar-refractivity contribution is 7.92. The van der Waals surface area contributed by atoms with E-state index in [1.807, 2.05) is 6.92 Å². The lowest BCUT2D eigenvalue weighted by Crippen LogP contribution is -2.52. The van der Waals surface area contributed by atoms with Crippen molar-refractivity contribution < 1.29 is 18.0 Å². The quantitative estimate of drug-likeness (QED) is 0.469. The molecule has 2 rings (SSSR count). The summed E-state index contributed by atoms with van der Waals surface area (Å²) >= 11 is 12.2. The first-order chi connectivity index (χ1) is 16.0. The number of carbonyl (C=O) groups excluding carboxylic acids is 2. The largest absolute Gasteiger partial charge is 0.354 e. The first kappa shape index (κ1) is 28.0. The van der Waals surface area contributed by atoms with E-state index >= 15 is 0 Å². The van der Waals surface area contributed by atoms with Gasteiger partial charge in [0.25, 0.3) is 0 Å². The fourth-order valence-corrected chi connectivity index (χ4v) is 4.79. The van der Waals surface area contributed by atoms with Gasteiger partial charge in [-0.2, -0.15) is 0 Å².